The van der Waals surface area contributed by atoms with E-state index in [4.69, 9.17) is 0 Å². The van der Waals surface area contributed by atoms with Crippen molar-refractivity contribution >= 4 is 5.91 Å². The summed E-state index contributed by atoms with van der Waals surface area (Å²) < 4.78 is 1.24. The smallest absolute Gasteiger partial charge is 0.293 e. The fraction of sp³-hybridized carbons (Fsp3) is 0.294. The molecule has 0 saturated heterocycles. The van der Waals surface area contributed by atoms with Crippen molar-refractivity contribution in [3.8, 4) is 5.75 Å². The van der Waals surface area contributed by atoms with Crippen molar-refractivity contribution in [2.24, 2.45) is 7.05 Å². The fourth-order valence-corrected chi connectivity index (χ4v) is 2.91. The number of fused-ring (bicyclic) bond motifs is 1. The van der Waals surface area contributed by atoms with Gasteiger partial charge in [0.25, 0.3) is 11.5 Å². The van der Waals surface area contributed by atoms with Gasteiger partial charge in [0.2, 0.25) is 0 Å². The Morgan fingerprint density at radius 2 is 2.14 bits per heavy atom. The molecule has 0 fully saturated rings. The molecule has 0 bridgehead atoms. The SMILES string of the molecule is Cc1ccc2c(c1)[C@H](NC(=O)c1ccn(C)c(=O)c1O)CC2. The van der Waals surface area contributed by atoms with Crippen molar-refractivity contribution in [1.29, 1.82) is 0 Å². The lowest BCUT2D eigenvalue weighted by Crippen LogP contribution is -2.29. The Morgan fingerprint density at radius 3 is 2.91 bits per heavy atom. The van der Waals surface area contributed by atoms with E-state index in [9.17, 15) is 14.7 Å². The minimum Gasteiger partial charge on any atom is -0.502 e. The summed E-state index contributed by atoms with van der Waals surface area (Å²) in [6.45, 7) is 2.02. The summed E-state index contributed by atoms with van der Waals surface area (Å²) in [5.41, 5.74) is 2.96. The fourth-order valence-electron chi connectivity index (χ4n) is 2.91. The lowest BCUT2D eigenvalue weighted by Gasteiger charge is -2.15. The second-order valence-corrected chi connectivity index (χ2v) is 5.76. The van der Waals surface area contributed by atoms with E-state index in [-0.39, 0.29) is 11.6 Å². The first-order chi connectivity index (χ1) is 10.5. The van der Waals surface area contributed by atoms with E-state index in [1.807, 2.05) is 6.92 Å². The number of aryl methyl sites for hydroxylation is 3. The van der Waals surface area contributed by atoms with Crippen LogP contribution in [0, 0.1) is 6.92 Å². The number of nitrogens with zero attached hydrogens (tertiary/aromatic N) is 1. The summed E-state index contributed by atoms with van der Waals surface area (Å²) in [7, 11) is 1.53. The molecule has 0 aliphatic heterocycles. The van der Waals surface area contributed by atoms with Crippen LogP contribution >= 0.6 is 0 Å². The Morgan fingerprint density at radius 1 is 1.36 bits per heavy atom. The van der Waals surface area contributed by atoms with E-state index < -0.39 is 17.2 Å². The molecule has 5 heteroatoms. The molecule has 1 aromatic carbocycles. The van der Waals surface area contributed by atoms with Crippen molar-refractivity contribution in [2.75, 3.05) is 0 Å². The number of pyridine rings is 1. The van der Waals surface area contributed by atoms with Gasteiger partial charge >= 0.3 is 0 Å². The van der Waals surface area contributed by atoms with Crippen molar-refractivity contribution in [3.63, 3.8) is 0 Å². The highest BCUT2D eigenvalue weighted by molar-refractivity contribution is 5.96. The number of amides is 1. The van der Waals surface area contributed by atoms with Crippen LogP contribution in [0.3, 0.4) is 0 Å². The van der Waals surface area contributed by atoms with Crippen LogP contribution < -0.4 is 10.9 Å². The van der Waals surface area contributed by atoms with Crippen LogP contribution in [0.25, 0.3) is 0 Å². The minimum atomic E-state index is -0.574. The third-order valence-electron chi connectivity index (χ3n) is 4.17. The van der Waals surface area contributed by atoms with Gasteiger partial charge in [0.1, 0.15) is 0 Å². The predicted octanol–water partition coefficient (Wildman–Crippen LogP) is 1.82. The number of carbonyl (C=O) groups excluding carboxylic acids is 1. The molecule has 114 valence electrons. The molecule has 3 rings (SSSR count). The average molecular weight is 298 g/mol. The van der Waals surface area contributed by atoms with Gasteiger partial charge in [-0.3, -0.25) is 9.59 Å². The first kappa shape index (κ1) is 14.4. The van der Waals surface area contributed by atoms with Gasteiger partial charge in [-0.15, -0.1) is 0 Å². The van der Waals surface area contributed by atoms with Crippen LogP contribution in [0.2, 0.25) is 0 Å². The van der Waals surface area contributed by atoms with Gasteiger partial charge in [-0.25, -0.2) is 0 Å². The highest BCUT2D eigenvalue weighted by atomic mass is 16.3. The number of benzene rings is 1. The summed E-state index contributed by atoms with van der Waals surface area (Å²) in [5.74, 6) is -0.931. The molecular weight excluding hydrogens is 280 g/mol. The monoisotopic (exact) mass is 298 g/mol. The number of nitrogens with one attached hydrogen (secondary N) is 1. The van der Waals surface area contributed by atoms with Crippen LogP contribution in [0.1, 0.15) is 39.5 Å². The highest BCUT2D eigenvalue weighted by Gasteiger charge is 2.25. The van der Waals surface area contributed by atoms with Crippen LogP contribution in [0.4, 0.5) is 0 Å². The number of hydrogen-bond donors (Lipinski definition) is 2. The van der Waals surface area contributed by atoms with Crippen molar-refractivity contribution in [1.82, 2.24) is 9.88 Å². The lowest BCUT2D eigenvalue weighted by molar-refractivity contribution is 0.0933. The number of aromatic hydroxyl groups is 1. The zero-order chi connectivity index (χ0) is 15.9. The number of carbonyl (C=O) groups is 1. The minimum absolute atomic E-state index is 0.0178. The molecule has 5 nitrogen and oxygen atoms in total. The Labute approximate surface area is 128 Å². The zero-order valence-corrected chi connectivity index (χ0v) is 12.6. The normalized spacial score (nSPS) is 16.4. The summed E-state index contributed by atoms with van der Waals surface area (Å²) in [4.78, 5) is 24.1. The molecule has 0 spiro atoms. The van der Waals surface area contributed by atoms with Gasteiger partial charge in [0, 0.05) is 13.2 Å². The maximum Gasteiger partial charge on any atom is 0.293 e. The topological polar surface area (TPSA) is 71.3 Å². The van der Waals surface area contributed by atoms with E-state index in [2.05, 4.69) is 23.5 Å². The molecule has 2 N–H and O–H groups in total. The van der Waals surface area contributed by atoms with Crippen LogP contribution in [-0.2, 0) is 13.5 Å². The molecule has 1 aromatic heterocycles. The molecule has 1 amide bonds. The van der Waals surface area contributed by atoms with Crippen LogP contribution in [0.5, 0.6) is 5.75 Å². The largest absolute Gasteiger partial charge is 0.502 e. The second-order valence-electron chi connectivity index (χ2n) is 5.76. The summed E-state index contributed by atoms with van der Waals surface area (Å²) >= 11 is 0. The molecule has 0 unspecified atom stereocenters. The van der Waals surface area contributed by atoms with Gasteiger partial charge in [-0.1, -0.05) is 23.8 Å². The van der Waals surface area contributed by atoms with Crippen LogP contribution in [-0.4, -0.2) is 15.6 Å². The third-order valence-corrected chi connectivity index (χ3v) is 4.17. The predicted molar refractivity (Wildman–Crippen MR) is 83.1 cm³/mol. The summed E-state index contributed by atoms with van der Waals surface area (Å²) in [6, 6.07) is 7.61. The van der Waals surface area contributed by atoms with Gasteiger partial charge in [-0.2, -0.15) is 0 Å². The molecule has 0 saturated carbocycles. The van der Waals surface area contributed by atoms with Crippen molar-refractivity contribution in [3.05, 3.63) is 63.1 Å². The Balaban J connectivity index is 1.87. The number of aromatic nitrogens is 1. The third kappa shape index (κ3) is 2.39. The maximum absolute atomic E-state index is 12.4. The van der Waals surface area contributed by atoms with E-state index >= 15 is 0 Å². The zero-order valence-electron chi connectivity index (χ0n) is 12.6. The first-order valence-corrected chi connectivity index (χ1v) is 7.26. The van der Waals surface area contributed by atoms with Gasteiger partial charge in [0.05, 0.1) is 11.6 Å². The summed E-state index contributed by atoms with van der Waals surface area (Å²) in [6.07, 6.45) is 3.23. The van der Waals surface area contributed by atoms with Crippen molar-refractivity contribution < 1.29 is 9.90 Å². The van der Waals surface area contributed by atoms with E-state index in [0.29, 0.717) is 0 Å². The number of rotatable bonds is 2. The molecule has 0 radical (unpaired) electrons. The molecule has 22 heavy (non-hydrogen) atoms. The molecule has 1 heterocycles. The molecule has 1 atom stereocenters. The van der Waals surface area contributed by atoms with E-state index in [1.165, 1.54) is 29.4 Å². The highest BCUT2D eigenvalue weighted by Crippen LogP contribution is 2.32. The van der Waals surface area contributed by atoms with Gasteiger partial charge in [0.15, 0.2) is 5.75 Å². The average Bonchev–Trinajstić information content (AvgIpc) is 2.87. The Bertz CT molecular complexity index is 808. The van der Waals surface area contributed by atoms with Gasteiger partial charge < -0.3 is 15.0 Å². The molecule has 1 aliphatic carbocycles. The lowest BCUT2D eigenvalue weighted by atomic mass is 10.0. The number of hydrogen-bond acceptors (Lipinski definition) is 3. The quantitative estimate of drug-likeness (QED) is 0.888. The molecule has 2 aromatic rings. The maximum atomic E-state index is 12.4. The summed E-state index contributed by atoms with van der Waals surface area (Å²) in [5, 5.41) is 12.8. The second kappa shape index (κ2) is 5.33. The standard InChI is InChI=1S/C17H18N2O3/c1-10-3-4-11-5-6-14(13(11)9-10)18-16(21)12-7-8-19(2)17(22)15(12)20/h3-4,7-9,14,20H,5-6H2,1-2H3,(H,18,21)/t14-/m1/s1. The molecule has 1 aliphatic rings. The Hall–Kier alpha value is -2.56. The Kier molecular flexibility index (Phi) is 3.48. The van der Waals surface area contributed by atoms with E-state index in [0.717, 1.165) is 24.0 Å². The van der Waals surface area contributed by atoms with Gasteiger partial charge in [-0.05, 0) is 37.0 Å². The van der Waals surface area contributed by atoms with Crippen LogP contribution in [0.15, 0.2) is 35.3 Å². The van der Waals surface area contributed by atoms with Crippen molar-refractivity contribution in [2.45, 2.75) is 25.8 Å². The first-order valence-electron chi connectivity index (χ1n) is 7.26. The van der Waals surface area contributed by atoms with E-state index in [1.54, 1.807) is 0 Å². The molecular formula is C17H18N2O3.